The second-order valence-corrected chi connectivity index (χ2v) is 6.64. The van der Waals surface area contributed by atoms with E-state index < -0.39 is 0 Å². The molecule has 20 heavy (non-hydrogen) atoms. The Morgan fingerprint density at radius 1 is 1.40 bits per heavy atom. The molecule has 1 aromatic rings. The van der Waals surface area contributed by atoms with Gasteiger partial charge in [-0.25, -0.2) is 0 Å². The highest BCUT2D eigenvalue weighted by atomic mass is 32.2. The number of likely N-dealkylation sites (N-methyl/N-ethyl adjacent to an activating group) is 1. The molecule has 2 N–H and O–H groups in total. The van der Waals surface area contributed by atoms with Gasteiger partial charge in [-0.15, -0.1) is 0 Å². The van der Waals surface area contributed by atoms with Crippen LogP contribution < -0.4 is 10.5 Å². The number of nitrogens with two attached hydrogens (primary N) is 1. The molecule has 3 nitrogen and oxygen atoms in total. The molecule has 1 aliphatic carbocycles. The average molecular weight is 294 g/mol. The minimum absolute atomic E-state index is 0.106. The molecule has 1 atom stereocenters. The van der Waals surface area contributed by atoms with E-state index in [1.54, 1.807) is 7.11 Å². The molecule has 112 valence electrons. The summed E-state index contributed by atoms with van der Waals surface area (Å²) in [5.74, 6) is 2.10. The van der Waals surface area contributed by atoms with E-state index in [1.165, 1.54) is 11.1 Å². The van der Waals surface area contributed by atoms with E-state index in [-0.39, 0.29) is 5.54 Å². The van der Waals surface area contributed by atoms with Gasteiger partial charge in [0.1, 0.15) is 5.75 Å². The molecule has 2 rings (SSSR count). The number of rotatable bonds is 6. The van der Waals surface area contributed by atoms with Crippen LogP contribution in [0.5, 0.6) is 5.75 Å². The molecule has 0 radical (unpaired) electrons. The monoisotopic (exact) mass is 294 g/mol. The highest BCUT2D eigenvalue weighted by molar-refractivity contribution is 7.98. The fraction of sp³-hybridized carbons (Fsp3) is 0.625. The van der Waals surface area contributed by atoms with Gasteiger partial charge in [0.2, 0.25) is 0 Å². The molecule has 1 unspecified atom stereocenters. The number of hydrogen-bond donors (Lipinski definition) is 1. The summed E-state index contributed by atoms with van der Waals surface area (Å²) in [6.07, 6.45) is 5.44. The molecule has 4 heteroatoms. The first-order chi connectivity index (χ1) is 9.65. The van der Waals surface area contributed by atoms with Crippen LogP contribution in [-0.2, 0) is 12.8 Å². The van der Waals surface area contributed by atoms with Crippen molar-refractivity contribution in [2.24, 2.45) is 5.73 Å². The summed E-state index contributed by atoms with van der Waals surface area (Å²) < 4.78 is 5.36. The van der Waals surface area contributed by atoms with Crippen LogP contribution in [-0.4, -0.2) is 49.7 Å². The number of ether oxygens (including phenoxy) is 1. The molecule has 0 bridgehead atoms. The van der Waals surface area contributed by atoms with E-state index in [0.29, 0.717) is 6.54 Å². The molecule has 1 aromatic carbocycles. The van der Waals surface area contributed by atoms with E-state index in [1.807, 2.05) is 11.8 Å². The molecular weight excluding hydrogens is 268 g/mol. The van der Waals surface area contributed by atoms with Gasteiger partial charge in [0, 0.05) is 24.4 Å². The van der Waals surface area contributed by atoms with Crippen molar-refractivity contribution < 1.29 is 4.74 Å². The Morgan fingerprint density at radius 2 is 2.20 bits per heavy atom. The van der Waals surface area contributed by atoms with E-state index >= 15 is 0 Å². The van der Waals surface area contributed by atoms with E-state index in [9.17, 15) is 0 Å². The molecule has 0 heterocycles. The van der Waals surface area contributed by atoms with Crippen molar-refractivity contribution in [3.8, 4) is 5.75 Å². The zero-order valence-corrected chi connectivity index (χ0v) is 13.6. The van der Waals surface area contributed by atoms with Crippen LogP contribution >= 0.6 is 11.8 Å². The summed E-state index contributed by atoms with van der Waals surface area (Å²) in [7, 11) is 3.94. The Morgan fingerprint density at radius 3 is 2.85 bits per heavy atom. The van der Waals surface area contributed by atoms with Gasteiger partial charge < -0.3 is 10.5 Å². The minimum atomic E-state index is 0.106. The minimum Gasteiger partial charge on any atom is -0.497 e. The summed E-state index contributed by atoms with van der Waals surface area (Å²) in [6.45, 7) is 1.81. The van der Waals surface area contributed by atoms with Gasteiger partial charge in [0.05, 0.1) is 7.11 Å². The van der Waals surface area contributed by atoms with Gasteiger partial charge in [-0.05, 0) is 55.8 Å². The second kappa shape index (κ2) is 6.83. The van der Waals surface area contributed by atoms with Crippen LogP contribution in [0.1, 0.15) is 17.5 Å². The van der Waals surface area contributed by atoms with Crippen molar-refractivity contribution in [3.05, 3.63) is 29.3 Å². The average Bonchev–Trinajstić information content (AvgIpc) is 2.51. The predicted molar refractivity (Wildman–Crippen MR) is 87.8 cm³/mol. The first kappa shape index (κ1) is 15.7. The van der Waals surface area contributed by atoms with E-state index in [2.05, 4.69) is 36.4 Å². The van der Waals surface area contributed by atoms with Gasteiger partial charge >= 0.3 is 0 Å². The fourth-order valence-corrected chi connectivity index (χ4v) is 3.53. The van der Waals surface area contributed by atoms with Gasteiger partial charge in [-0.3, -0.25) is 4.90 Å². The maximum Gasteiger partial charge on any atom is 0.119 e. The first-order valence-corrected chi connectivity index (χ1v) is 8.60. The Bertz CT molecular complexity index is 452. The summed E-state index contributed by atoms with van der Waals surface area (Å²) in [5.41, 5.74) is 9.12. The maximum absolute atomic E-state index is 6.16. The molecule has 0 spiro atoms. The van der Waals surface area contributed by atoms with Crippen molar-refractivity contribution in [2.45, 2.75) is 24.8 Å². The lowest BCUT2D eigenvalue weighted by Gasteiger charge is -2.44. The van der Waals surface area contributed by atoms with Crippen molar-refractivity contribution in [1.29, 1.82) is 0 Å². The molecule has 0 amide bonds. The summed E-state index contributed by atoms with van der Waals surface area (Å²) in [5, 5.41) is 0. The number of methoxy groups -OCH3 is 1. The molecular formula is C16H26N2OS. The van der Waals surface area contributed by atoms with E-state index in [0.717, 1.165) is 37.3 Å². The topological polar surface area (TPSA) is 38.5 Å². The lowest BCUT2D eigenvalue weighted by molar-refractivity contribution is 0.116. The molecule has 0 fully saturated rings. The highest BCUT2D eigenvalue weighted by Crippen LogP contribution is 2.34. The number of aryl methyl sites for hydroxylation is 1. The quantitative estimate of drug-likeness (QED) is 0.873. The molecule has 0 saturated heterocycles. The third-order valence-corrected chi connectivity index (χ3v) is 5.20. The molecule has 0 aliphatic heterocycles. The third kappa shape index (κ3) is 3.13. The van der Waals surface area contributed by atoms with Crippen LogP contribution in [0.2, 0.25) is 0 Å². The van der Waals surface area contributed by atoms with Crippen molar-refractivity contribution in [2.75, 3.05) is 39.3 Å². The third-order valence-electron chi connectivity index (χ3n) is 4.61. The fourth-order valence-electron chi connectivity index (χ4n) is 3.07. The number of nitrogens with zero attached hydrogens (tertiary/aromatic N) is 1. The predicted octanol–water partition coefficient (Wildman–Crippen LogP) is 2.18. The second-order valence-electron chi connectivity index (χ2n) is 5.65. The zero-order valence-electron chi connectivity index (χ0n) is 12.8. The van der Waals surface area contributed by atoms with Crippen LogP contribution in [0.15, 0.2) is 18.2 Å². The van der Waals surface area contributed by atoms with Gasteiger partial charge in [-0.1, -0.05) is 6.07 Å². The summed E-state index contributed by atoms with van der Waals surface area (Å²) in [4.78, 5) is 2.46. The van der Waals surface area contributed by atoms with Crippen LogP contribution in [0.3, 0.4) is 0 Å². The smallest absolute Gasteiger partial charge is 0.119 e. The van der Waals surface area contributed by atoms with Crippen LogP contribution in [0.4, 0.5) is 0 Å². The van der Waals surface area contributed by atoms with Gasteiger partial charge in [0.25, 0.3) is 0 Å². The van der Waals surface area contributed by atoms with Gasteiger partial charge in [0.15, 0.2) is 0 Å². The van der Waals surface area contributed by atoms with Crippen molar-refractivity contribution in [3.63, 3.8) is 0 Å². The lowest BCUT2D eigenvalue weighted by atomic mass is 9.77. The standard InChI is InChI=1S/C16H26N2OS/c1-18(8-9-20-3)16(12-17)7-6-13-4-5-15(19-2)10-14(13)11-16/h4-5,10H,6-9,11-12,17H2,1-3H3. The largest absolute Gasteiger partial charge is 0.497 e. The molecule has 1 aliphatic rings. The first-order valence-electron chi connectivity index (χ1n) is 7.21. The molecule has 0 aromatic heterocycles. The maximum atomic E-state index is 6.16. The van der Waals surface area contributed by atoms with Crippen molar-refractivity contribution >= 4 is 11.8 Å². The normalized spacial score (nSPS) is 21.9. The Kier molecular flexibility index (Phi) is 5.35. The summed E-state index contributed by atoms with van der Waals surface area (Å²) in [6, 6.07) is 6.45. The van der Waals surface area contributed by atoms with Crippen LogP contribution in [0.25, 0.3) is 0 Å². The lowest BCUT2D eigenvalue weighted by Crippen LogP contribution is -2.56. The zero-order chi connectivity index (χ0) is 14.6. The Balaban J connectivity index is 2.21. The molecule has 0 saturated carbocycles. The number of benzene rings is 1. The Hall–Kier alpha value is -0.710. The van der Waals surface area contributed by atoms with Crippen LogP contribution in [0, 0.1) is 0 Å². The number of thioether (sulfide) groups is 1. The van der Waals surface area contributed by atoms with Gasteiger partial charge in [-0.2, -0.15) is 11.8 Å². The number of hydrogen-bond acceptors (Lipinski definition) is 4. The Labute approximate surface area is 126 Å². The summed E-state index contributed by atoms with van der Waals surface area (Å²) >= 11 is 1.89. The highest BCUT2D eigenvalue weighted by Gasteiger charge is 2.36. The van der Waals surface area contributed by atoms with Crippen molar-refractivity contribution in [1.82, 2.24) is 4.90 Å². The SMILES string of the molecule is COc1ccc2c(c1)CC(CN)(N(C)CCSC)CC2. The van der Waals surface area contributed by atoms with E-state index in [4.69, 9.17) is 10.5 Å². The number of fused-ring (bicyclic) bond motifs is 1.